The van der Waals surface area contributed by atoms with E-state index < -0.39 is 0 Å². The Kier molecular flexibility index (Phi) is 13.8. The van der Waals surface area contributed by atoms with Crippen molar-refractivity contribution in [2.45, 2.75) is 119 Å². The number of carbonyl (C=O) groups excluding carboxylic acids is 1. The van der Waals surface area contributed by atoms with Gasteiger partial charge in [-0.2, -0.15) is 0 Å². The number of hydrogen-bond acceptors (Lipinski definition) is 2. The molecule has 1 N–H and O–H groups in total. The van der Waals surface area contributed by atoms with Crippen LogP contribution in [0, 0.1) is 17.8 Å². The molecule has 36 heavy (non-hydrogen) atoms. The topological polar surface area (TPSA) is 32.3 Å². The van der Waals surface area contributed by atoms with Crippen molar-refractivity contribution < 1.29 is 4.79 Å². The standard InChI is InChI=1S/C33H56N2O/c1-8-30-23-29-16-11-17-31(24-29)33(30)34-19-21-35(20-18-27(6)14-9-12-25(2)3)32(36)22-28(7)15-10-13-26(4)5/h12-13,18,22,29-31,33-34H,8-11,14-17,19-21,23-24H2,1-7H3/b27-18+,28-22+. The van der Waals surface area contributed by atoms with Crippen molar-refractivity contribution in [2.24, 2.45) is 17.8 Å². The van der Waals surface area contributed by atoms with Crippen LogP contribution in [-0.2, 0) is 4.79 Å². The van der Waals surface area contributed by atoms with Gasteiger partial charge in [-0.15, -0.1) is 0 Å². The molecule has 0 spiro atoms. The summed E-state index contributed by atoms with van der Waals surface area (Å²) in [6.07, 6.45) is 21.1. The highest BCUT2D eigenvalue weighted by molar-refractivity contribution is 5.88. The quantitative estimate of drug-likeness (QED) is 0.193. The van der Waals surface area contributed by atoms with Gasteiger partial charge in [-0.25, -0.2) is 0 Å². The molecule has 0 aromatic heterocycles. The van der Waals surface area contributed by atoms with Crippen LogP contribution >= 0.6 is 0 Å². The van der Waals surface area contributed by atoms with Crippen LogP contribution in [0.2, 0.25) is 0 Å². The van der Waals surface area contributed by atoms with Crippen molar-refractivity contribution >= 4 is 5.91 Å². The summed E-state index contributed by atoms with van der Waals surface area (Å²) in [7, 11) is 0. The molecule has 0 aromatic rings. The van der Waals surface area contributed by atoms with E-state index in [9.17, 15) is 4.79 Å². The number of hydrogen-bond donors (Lipinski definition) is 1. The normalized spacial score (nSPS) is 24.3. The second kappa shape index (κ2) is 16.3. The summed E-state index contributed by atoms with van der Waals surface area (Å²) in [5.74, 6) is 2.76. The Morgan fingerprint density at radius 2 is 1.56 bits per heavy atom. The van der Waals surface area contributed by atoms with E-state index in [1.165, 1.54) is 60.8 Å². The zero-order valence-electron chi connectivity index (χ0n) is 24.7. The maximum Gasteiger partial charge on any atom is 0.246 e. The Labute approximate surface area is 223 Å². The molecular formula is C33H56N2O. The molecule has 2 aliphatic carbocycles. The zero-order chi connectivity index (χ0) is 26.5. The van der Waals surface area contributed by atoms with Crippen molar-refractivity contribution in [1.82, 2.24) is 10.2 Å². The van der Waals surface area contributed by atoms with E-state index >= 15 is 0 Å². The summed E-state index contributed by atoms with van der Waals surface area (Å²) in [6, 6.07) is 0.631. The Bertz CT molecular complexity index is 793. The second-order valence-electron chi connectivity index (χ2n) is 12.1. The monoisotopic (exact) mass is 496 g/mol. The maximum absolute atomic E-state index is 13.3. The molecule has 0 heterocycles. The summed E-state index contributed by atoms with van der Waals surface area (Å²) in [5.41, 5.74) is 5.25. The highest BCUT2D eigenvalue weighted by Crippen LogP contribution is 2.43. The van der Waals surface area contributed by atoms with Gasteiger partial charge in [-0.1, -0.05) is 66.7 Å². The predicted octanol–water partition coefficient (Wildman–Crippen LogP) is 8.39. The molecular weight excluding hydrogens is 440 g/mol. The predicted molar refractivity (Wildman–Crippen MR) is 157 cm³/mol. The number of carbonyl (C=O) groups is 1. The molecule has 0 radical (unpaired) electrons. The fraction of sp³-hybridized carbons (Fsp3) is 0.727. The van der Waals surface area contributed by atoms with Gasteiger partial charge in [0, 0.05) is 31.8 Å². The molecule has 0 saturated heterocycles. The Morgan fingerprint density at radius 3 is 2.19 bits per heavy atom. The summed E-state index contributed by atoms with van der Waals surface area (Å²) in [5, 5.41) is 3.95. The lowest BCUT2D eigenvalue weighted by Crippen LogP contribution is -2.50. The Hall–Kier alpha value is -1.61. The van der Waals surface area contributed by atoms with E-state index in [1.807, 2.05) is 6.08 Å². The highest BCUT2D eigenvalue weighted by atomic mass is 16.2. The van der Waals surface area contributed by atoms with Crippen LogP contribution in [0.25, 0.3) is 0 Å². The van der Waals surface area contributed by atoms with E-state index in [0.717, 1.165) is 56.5 Å². The van der Waals surface area contributed by atoms with Gasteiger partial charge in [0.15, 0.2) is 0 Å². The van der Waals surface area contributed by atoms with Gasteiger partial charge >= 0.3 is 0 Å². The molecule has 4 unspecified atom stereocenters. The van der Waals surface area contributed by atoms with Crippen molar-refractivity contribution in [2.75, 3.05) is 19.6 Å². The zero-order valence-corrected chi connectivity index (χ0v) is 24.7. The van der Waals surface area contributed by atoms with Crippen LogP contribution in [-0.4, -0.2) is 36.5 Å². The molecule has 2 saturated carbocycles. The molecule has 0 aromatic carbocycles. The van der Waals surface area contributed by atoms with Gasteiger partial charge in [0.25, 0.3) is 0 Å². The van der Waals surface area contributed by atoms with Gasteiger partial charge < -0.3 is 10.2 Å². The number of rotatable bonds is 14. The third kappa shape index (κ3) is 11.2. The number of fused-ring (bicyclic) bond motifs is 2. The Morgan fingerprint density at radius 1 is 0.889 bits per heavy atom. The van der Waals surface area contributed by atoms with E-state index in [-0.39, 0.29) is 5.91 Å². The first-order chi connectivity index (χ1) is 17.2. The van der Waals surface area contributed by atoms with Gasteiger partial charge in [0.2, 0.25) is 5.91 Å². The van der Waals surface area contributed by atoms with E-state index in [1.54, 1.807) is 0 Å². The molecule has 2 rings (SSSR count). The molecule has 204 valence electrons. The van der Waals surface area contributed by atoms with Crippen LogP contribution in [0.15, 0.2) is 46.6 Å². The first kappa shape index (κ1) is 30.6. The van der Waals surface area contributed by atoms with Gasteiger partial charge in [0.1, 0.15) is 0 Å². The van der Waals surface area contributed by atoms with Crippen LogP contribution in [0.5, 0.6) is 0 Å². The fourth-order valence-corrected chi connectivity index (χ4v) is 6.16. The van der Waals surface area contributed by atoms with Crippen molar-refractivity contribution in [3.63, 3.8) is 0 Å². The second-order valence-corrected chi connectivity index (χ2v) is 12.1. The summed E-state index contributed by atoms with van der Waals surface area (Å²) in [6.45, 7) is 17.6. The van der Waals surface area contributed by atoms with Crippen molar-refractivity contribution in [3.8, 4) is 0 Å². The van der Waals surface area contributed by atoms with E-state index in [4.69, 9.17) is 0 Å². The molecule has 1 amide bonds. The largest absolute Gasteiger partial charge is 0.334 e. The third-order valence-electron chi connectivity index (χ3n) is 8.29. The smallest absolute Gasteiger partial charge is 0.246 e. The van der Waals surface area contributed by atoms with Crippen molar-refractivity contribution in [1.29, 1.82) is 0 Å². The first-order valence-corrected chi connectivity index (χ1v) is 14.8. The summed E-state index contributed by atoms with van der Waals surface area (Å²) < 4.78 is 0. The first-order valence-electron chi connectivity index (χ1n) is 14.8. The number of amides is 1. The summed E-state index contributed by atoms with van der Waals surface area (Å²) in [4.78, 5) is 15.4. The average Bonchev–Trinajstić information content (AvgIpc) is 2.81. The molecule has 2 bridgehead atoms. The van der Waals surface area contributed by atoms with Crippen LogP contribution in [0.3, 0.4) is 0 Å². The third-order valence-corrected chi connectivity index (χ3v) is 8.29. The van der Waals surface area contributed by atoms with Crippen LogP contribution < -0.4 is 5.32 Å². The molecule has 2 fully saturated rings. The minimum atomic E-state index is 0.160. The summed E-state index contributed by atoms with van der Waals surface area (Å²) >= 11 is 0. The Balaban J connectivity index is 2.01. The van der Waals surface area contributed by atoms with Gasteiger partial charge in [-0.05, 0) is 104 Å². The number of nitrogens with zero attached hydrogens (tertiary/aromatic N) is 1. The van der Waals surface area contributed by atoms with Gasteiger partial charge in [0.05, 0.1) is 0 Å². The minimum absolute atomic E-state index is 0.160. The average molecular weight is 497 g/mol. The van der Waals surface area contributed by atoms with Crippen LogP contribution in [0.1, 0.15) is 113 Å². The SMILES string of the molecule is CCC1CC2CCCC(C2)C1NCCN(C/C=C(\C)CCC=C(C)C)C(=O)/C=C(\C)CCC=C(C)C. The maximum atomic E-state index is 13.3. The number of nitrogens with one attached hydrogen (secondary N) is 1. The molecule has 3 heteroatoms. The van der Waals surface area contributed by atoms with Gasteiger partial charge in [-0.3, -0.25) is 4.79 Å². The lowest BCUT2D eigenvalue weighted by Gasteiger charge is -2.46. The number of allylic oxidation sites excluding steroid dienone is 6. The van der Waals surface area contributed by atoms with E-state index in [0.29, 0.717) is 12.6 Å². The lowest BCUT2D eigenvalue weighted by molar-refractivity contribution is -0.125. The lowest BCUT2D eigenvalue weighted by atomic mass is 9.64. The van der Waals surface area contributed by atoms with Crippen LogP contribution in [0.4, 0.5) is 0 Å². The van der Waals surface area contributed by atoms with Crippen molar-refractivity contribution in [3.05, 3.63) is 46.6 Å². The molecule has 3 nitrogen and oxygen atoms in total. The minimum Gasteiger partial charge on any atom is -0.334 e. The fourth-order valence-electron chi connectivity index (χ4n) is 6.16. The molecule has 2 aliphatic rings. The highest BCUT2D eigenvalue weighted by Gasteiger charge is 2.38. The molecule has 4 atom stereocenters. The van der Waals surface area contributed by atoms with E-state index in [2.05, 4.69) is 76.9 Å². The molecule has 0 aliphatic heterocycles.